The summed E-state index contributed by atoms with van der Waals surface area (Å²) in [6.45, 7) is 6.40. The number of nitrogens with one attached hydrogen (secondary N) is 1. The van der Waals surface area contributed by atoms with E-state index >= 15 is 0 Å². The van der Waals surface area contributed by atoms with Crippen LogP contribution in [0.15, 0.2) is 11.6 Å². The normalized spacial score (nSPS) is 21.4. The van der Waals surface area contributed by atoms with Crippen molar-refractivity contribution < 1.29 is 0 Å². The largest absolute Gasteiger partial charge is 0.350 e. The van der Waals surface area contributed by atoms with Crippen LogP contribution in [0.25, 0.3) is 4.96 Å². The van der Waals surface area contributed by atoms with E-state index in [2.05, 4.69) is 45.1 Å². The quantitative estimate of drug-likeness (QED) is 0.917. The van der Waals surface area contributed by atoms with E-state index in [1.807, 2.05) is 7.05 Å². The number of piperazine rings is 1. The zero-order valence-corrected chi connectivity index (χ0v) is 12.6. The number of rotatable bonds is 3. The summed E-state index contributed by atoms with van der Waals surface area (Å²) < 4.78 is 2.21. The Kier molecular flexibility index (Phi) is 3.47. The highest BCUT2D eigenvalue weighted by Gasteiger charge is 2.26. The van der Waals surface area contributed by atoms with Crippen LogP contribution in [0.1, 0.15) is 12.6 Å². The number of hydrogen-bond acceptors (Lipinski definition) is 5. The van der Waals surface area contributed by atoms with Gasteiger partial charge in [-0.3, -0.25) is 4.40 Å². The van der Waals surface area contributed by atoms with Crippen LogP contribution in [0.4, 0.5) is 5.82 Å². The van der Waals surface area contributed by atoms with Crippen molar-refractivity contribution in [1.29, 1.82) is 0 Å². The molecule has 3 heterocycles. The van der Waals surface area contributed by atoms with E-state index in [9.17, 15) is 0 Å². The van der Waals surface area contributed by atoms with E-state index < -0.39 is 0 Å². The average molecular weight is 279 g/mol. The van der Waals surface area contributed by atoms with Crippen LogP contribution >= 0.6 is 11.3 Å². The summed E-state index contributed by atoms with van der Waals surface area (Å²) in [5, 5.41) is 5.36. The minimum absolute atomic E-state index is 0.513. The van der Waals surface area contributed by atoms with Gasteiger partial charge in [-0.2, -0.15) is 0 Å². The van der Waals surface area contributed by atoms with E-state index in [0.29, 0.717) is 6.04 Å². The Labute approximate surface area is 117 Å². The number of hydrogen-bond donors (Lipinski definition) is 1. The Morgan fingerprint density at radius 3 is 3.05 bits per heavy atom. The number of likely N-dealkylation sites (N-methyl/N-ethyl adjacent to an activating group) is 1. The third-order valence-electron chi connectivity index (χ3n) is 3.79. The van der Waals surface area contributed by atoms with Gasteiger partial charge >= 0.3 is 0 Å². The second kappa shape index (κ2) is 5.11. The number of anilines is 1. The fraction of sp³-hybridized carbons (Fsp3) is 0.615. The number of fused-ring (bicyclic) bond motifs is 1. The summed E-state index contributed by atoms with van der Waals surface area (Å²) in [6, 6.07) is 0.513. The predicted molar refractivity (Wildman–Crippen MR) is 80.1 cm³/mol. The molecule has 0 bridgehead atoms. The van der Waals surface area contributed by atoms with Crippen molar-refractivity contribution in [2.45, 2.75) is 19.5 Å². The molecular formula is C13H21N5S. The Hall–Kier alpha value is -1.11. The van der Waals surface area contributed by atoms with Crippen LogP contribution < -0.4 is 10.2 Å². The van der Waals surface area contributed by atoms with E-state index in [0.717, 1.165) is 37.0 Å². The molecule has 1 saturated heterocycles. The maximum absolute atomic E-state index is 4.84. The molecule has 1 atom stereocenters. The number of nitrogens with zero attached hydrogens (tertiary/aromatic N) is 4. The average Bonchev–Trinajstić information content (AvgIpc) is 2.93. The van der Waals surface area contributed by atoms with Gasteiger partial charge in [-0.1, -0.05) is 0 Å². The van der Waals surface area contributed by atoms with E-state index in [4.69, 9.17) is 4.98 Å². The third kappa shape index (κ3) is 2.24. The molecule has 3 rings (SSSR count). The summed E-state index contributed by atoms with van der Waals surface area (Å²) in [4.78, 5) is 10.8. The first-order valence-electron chi connectivity index (χ1n) is 6.75. The molecule has 6 heteroatoms. The molecule has 0 radical (unpaired) electrons. The Balaban J connectivity index is 1.99. The first kappa shape index (κ1) is 12.9. The van der Waals surface area contributed by atoms with Crippen molar-refractivity contribution >= 4 is 22.1 Å². The smallest absolute Gasteiger partial charge is 0.195 e. The number of imidazole rings is 1. The lowest BCUT2D eigenvalue weighted by molar-refractivity contribution is 0.274. The summed E-state index contributed by atoms with van der Waals surface area (Å²) in [5.74, 6) is 1.15. The van der Waals surface area contributed by atoms with Gasteiger partial charge in [0.15, 0.2) is 10.8 Å². The molecule has 2 aromatic heterocycles. The van der Waals surface area contributed by atoms with Gasteiger partial charge in [-0.15, -0.1) is 11.3 Å². The van der Waals surface area contributed by atoms with Crippen molar-refractivity contribution in [3.63, 3.8) is 0 Å². The first-order chi connectivity index (χ1) is 9.20. The van der Waals surface area contributed by atoms with Gasteiger partial charge in [0.25, 0.3) is 0 Å². The van der Waals surface area contributed by atoms with Crippen molar-refractivity contribution in [2.24, 2.45) is 0 Å². The van der Waals surface area contributed by atoms with E-state index in [-0.39, 0.29) is 0 Å². The van der Waals surface area contributed by atoms with Gasteiger partial charge in [0.2, 0.25) is 0 Å². The molecule has 1 aliphatic heterocycles. The number of aromatic nitrogens is 2. The summed E-state index contributed by atoms with van der Waals surface area (Å²) in [6.07, 6.45) is 2.11. The van der Waals surface area contributed by atoms with Gasteiger partial charge in [0, 0.05) is 43.8 Å². The highest BCUT2D eigenvalue weighted by atomic mass is 32.1. The molecule has 19 heavy (non-hydrogen) atoms. The minimum atomic E-state index is 0.513. The third-order valence-corrected chi connectivity index (χ3v) is 4.54. The molecule has 1 aliphatic rings. The molecular weight excluding hydrogens is 258 g/mol. The Bertz CT molecular complexity index is 560. The summed E-state index contributed by atoms with van der Waals surface area (Å²) >= 11 is 1.70. The Morgan fingerprint density at radius 2 is 2.32 bits per heavy atom. The molecule has 0 aliphatic carbocycles. The van der Waals surface area contributed by atoms with Crippen molar-refractivity contribution in [3.8, 4) is 0 Å². The monoisotopic (exact) mass is 279 g/mol. The van der Waals surface area contributed by atoms with Crippen LogP contribution in [0, 0.1) is 0 Å². The molecule has 0 spiro atoms. The van der Waals surface area contributed by atoms with Crippen molar-refractivity contribution in [2.75, 3.05) is 38.6 Å². The maximum atomic E-state index is 4.84. The maximum Gasteiger partial charge on any atom is 0.195 e. The van der Waals surface area contributed by atoms with Crippen molar-refractivity contribution in [1.82, 2.24) is 19.6 Å². The second-order valence-electron chi connectivity index (χ2n) is 5.27. The number of thiazole rings is 1. The molecule has 2 aromatic rings. The molecule has 104 valence electrons. The molecule has 0 saturated carbocycles. The first-order valence-corrected chi connectivity index (χ1v) is 7.63. The molecule has 0 amide bonds. The van der Waals surface area contributed by atoms with Gasteiger partial charge in [0.05, 0.1) is 5.69 Å². The fourth-order valence-corrected chi connectivity index (χ4v) is 3.57. The van der Waals surface area contributed by atoms with Gasteiger partial charge in [0.1, 0.15) is 0 Å². The van der Waals surface area contributed by atoms with E-state index in [1.54, 1.807) is 11.3 Å². The van der Waals surface area contributed by atoms with E-state index in [1.165, 1.54) is 5.69 Å². The molecule has 1 N–H and O–H groups in total. The van der Waals surface area contributed by atoms with Crippen LogP contribution in [0.5, 0.6) is 0 Å². The summed E-state index contributed by atoms with van der Waals surface area (Å²) in [7, 11) is 4.18. The SMILES string of the molecule is CNCc1c(N2CCN(C)CC2C)nc2sccn12. The minimum Gasteiger partial charge on any atom is -0.350 e. The zero-order valence-electron chi connectivity index (χ0n) is 11.8. The zero-order chi connectivity index (χ0) is 13.4. The van der Waals surface area contributed by atoms with Gasteiger partial charge < -0.3 is 15.1 Å². The van der Waals surface area contributed by atoms with Crippen LogP contribution in [0.2, 0.25) is 0 Å². The predicted octanol–water partition coefficient (Wildman–Crippen LogP) is 1.26. The fourth-order valence-electron chi connectivity index (χ4n) is 2.84. The Morgan fingerprint density at radius 1 is 1.47 bits per heavy atom. The van der Waals surface area contributed by atoms with Crippen LogP contribution in [0.3, 0.4) is 0 Å². The van der Waals surface area contributed by atoms with Crippen LogP contribution in [-0.2, 0) is 6.54 Å². The lowest BCUT2D eigenvalue weighted by Gasteiger charge is -2.39. The topological polar surface area (TPSA) is 35.8 Å². The standard InChI is InChI=1S/C13H21N5S/c1-10-9-16(3)4-5-17(10)12-11(8-14-2)18-6-7-19-13(18)15-12/h6-7,10,14H,4-5,8-9H2,1-3H3. The highest BCUT2D eigenvalue weighted by molar-refractivity contribution is 7.15. The molecule has 5 nitrogen and oxygen atoms in total. The molecule has 0 aromatic carbocycles. The van der Waals surface area contributed by atoms with Gasteiger partial charge in [-0.05, 0) is 21.0 Å². The lowest BCUT2D eigenvalue weighted by atomic mass is 10.2. The van der Waals surface area contributed by atoms with Gasteiger partial charge in [-0.25, -0.2) is 4.98 Å². The molecule has 1 unspecified atom stereocenters. The van der Waals surface area contributed by atoms with Crippen molar-refractivity contribution in [3.05, 3.63) is 17.3 Å². The summed E-state index contributed by atoms with van der Waals surface area (Å²) in [5.41, 5.74) is 1.27. The second-order valence-corrected chi connectivity index (χ2v) is 6.15. The lowest BCUT2D eigenvalue weighted by Crippen LogP contribution is -2.51. The van der Waals surface area contributed by atoms with Crippen LogP contribution in [-0.4, -0.2) is 54.1 Å². The molecule has 1 fully saturated rings. The highest BCUT2D eigenvalue weighted by Crippen LogP contribution is 2.27.